The van der Waals surface area contributed by atoms with Crippen molar-refractivity contribution in [3.8, 4) is 0 Å². The van der Waals surface area contributed by atoms with Gasteiger partial charge in [-0.15, -0.1) is 0 Å². The number of unbranched alkanes of at least 4 members (excludes halogenated alkanes) is 1. The quantitative estimate of drug-likeness (QED) is 0.0582. The number of aromatic nitrogens is 8. The minimum absolute atomic E-state index is 0.291. The molecule has 4 unspecified atom stereocenters. The molecule has 4 aromatic rings. The molecule has 262 valence electrons. The van der Waals surface area contributed by atoms with E-state index in [2.05, 4.69) is 65.0 Å². The molecule has 2 aliphatic rings. The molecule has 2 fully saturated rings. The monoisotopic (exact) mass is 752 g/mol. The van der Waals surface area contributed by atoms with E-state index >= 15 is 8.78 Å². The van der Waals surface area contributed by atoms with Gasteiger partial charge in [0.25, 0.3) is 0 Å². The lowest BCUT2D eigenvalue weighted by Crippen LogP contribution is -2.31. The van der Waals surface area contributed by atoms with E-state index in [9.17, 15) is 19.3 Å². The molecule has 0 aromatic carbocycles. The van der Waals surface area contributed by atoms with Crippen LogP contribution in [0.2, 0.25) is 0 Å². The molecule has 6 heterocycles. The molecular formula is C24H32F2N10O8P2S2. The molecule has 24 heteroatoms. The number of thiol groups is 2. The number of hydrogen-bond acceptors (Lipinski definition) is 16. The Bertz CT molecular complexity index is 1650. The van der Waals surface area contributed by atoms with E-state index in [1.54, 1.807) is 0 Å². The molecule has 0 radical (unpaired) electrons. The van der Waals surface area contributed by atoms with Crippen molar-refractivity contribution in [1.29, 1.82) is 0 Å². The van der Waals surface area contributed by atoms with Crippen LogP contribution >= 0.6 is 39.0 Å². The second kappa shape index (κ2) is 15.6. The van der Waals surface area contributed by atoms with E-state index in [0.717, 1.165) is 0 Å². The van der Waals surface area contributed by atoms with Gasteiger partial charge in [-0.1, -0.05) is 24.5 Å². The van der Waals surface area contributed by atoms with Gasteiger partial charge in [0.2, 0.25) is 14.5 Å². The average molecular weight is 753 g/mol. The Balaban J connectivity index is 1.04. The zero-order valence-electron chi connectivity index (χ0n) is 24.7. The van der Waals surface area contributed by atoms with Gasteiger partial charge < -0.3 is 39.4 Å². The van der Waals surface area contributed by atoms with E-state index in [1.807, 2.05) is 0 Å². The number of hydrogen-bond donors (Lipinski definition) is 6. The third-order valence-corrected chi connectivity index (χ3v) is 9.40. The molecule has 18 nitrogen and oxygen atoms in total. The number of nitrogens with one attached hydrogen (secondary N) is 2. The van der Waals surface area contributed by atoms with Gasteiger partial charge >= 0.3 is 0 Å². The van der Waals surface area contributed by atoms with E-state index in [-0.39, 0.29) is 0 Å². The summed E-state index contributed by atoms with van der Waals surface area (Å²) in [6.45, 7) is -0.0789. The van der Waals surface area contributed by atoms with E-state index in [4.69, 9.17) is 18.5 Å². The topological polar surface area (TPSA) is 223 Å². The van der Waals surface area contributed by atoms with Crippen molar-refractivity contribution in [2.45, 2.75) is 62.1 Å². The molecule has 0 bridgehead atoms. The van der Waals surface area contributed by atoms with Crippen molar-refractivity contribution in [2.24, 2.45) is 0 Å². The van der Waals surface area contributed by atoms with Crippen LogP contribution < -0.4 is 10.6 Å². The third-order valence-electron chi connectivity index (χ3n) is 7.82. The molecule has 2 aliphatic heterocycles. The predicted molar refractivity (Wildman–Crippen MR) is 174 cm³/mol. The number of ether oxygens (including phenoxy) is 2. The van der Waals surface area contributed by atoms with Gasteiger partial charge in [-0.3, -0.25) is 18.3 Å². The summed E-state index contributed by atoms with van der Waals surface area (Å²) in [6, 6.07) is 0. The largest absolute Gasteiger partial charge is 0.394 e. The number of imidazole rings is 2. The first-order valence-corrected chi connectivity index (χ1v) is 19.9. The summed E-state index contributed by atoms with van der Waals surface area (Å²) in [7, 11) is -5.57. The predicted octanol–water partition coefficient (Wildman–Crippen LogP) is 2.14. The van der Waals surface area contributed by atoms with Gasteiger partial charge in [0.1, 0.15) is 37.1 Å². The number of aliphatic hydroxyl groups is 2. The Kier molecular flexibility index (Phi) is 11.5. The highest BCUT2D eigenvalue weighted by atomic mass is 32.7. The smallest absolute Gasteiger partial charge is 0.243 e. The fraction of sp³-hybridized carbons (Fsp3) is 0.583. The Labute approximate surface area is 282 Å². The second-order valence-corrected chi connectivity index (χ2v) is 14.5. The molecule has 2 saturated heterocycles. The number of alkyl halides is 2. The lowest BCUT2D eigenvalue weighted by molar-refractivity contribution is -0.0427. The molecule has 10 atom stereocenters. The highest BCUT2D eigenvalue weighted by Gasteiger charge is 2.49. The molecule has 4 N–H and O–H groups in total. The van der Waals surface area contributed by atoms with Gasteiger partial charge in [-0.25, -0.2) is 38.7 Å². The van der Waals surface area contributed by atoms with E-state index in [0.29, 0.717) is 59.9 Å². The lowest BCUT2D eigenvalue weighted by atomic mass is 10.1. The summed E-state index contributed by atoms with van der Waals surface area (Å²) < 4.78 is 77.7. The van der Waals surface area contributed by atoms with Gasteiger partial charge in [-0.2, -0.15) is 0 Å². The number of anilines is 2. The van der Waals surface area contributed by atoms with Crippen LogP contribution in [0.15, 0.2) is 25.3 Å². The number of aliphatic hydroxyl groups excluding tert-OH is 2. The maximum atomic E-state index is 15.2. The van der Waals surface area contributed by atoms with Crippen LogP contribution in [0.4, 0.5) is 20.4 Å². The summed E-state index contributed by atoms with van der Waals surface area (Å²) >= 11 is 7.43. The highest BCUT2D eigenvalue weighted by Crippen LogP contribution is 2.42. The molecule has 0 spiro atoms. The number of fused-ring (bicyclic) bond motifs is 2. The summed E-state index contributed by atoms with van der Waals surface area (Å²) in [6.07, 6.45) is -3.92. The van der Waals surface area contributed by atoms with Crippen LogP contribution in [0.5, 0.6) is 0 Å². The summed E-state index contributed by atoms with van der Waals surface area (Å²) in [5.74, 6) is 0.849. The number of nitrogens with zero attached hydrogens (tertiary/aromatic N) is 8. The van der Waals surface area contributed by atoms with E-state index < -0.39 is 76.9 Å². The van der Waals surface area contributed by atoms with Crippen LogP contribution in [0.1, 0.15) is 25.3 Å². The average Bonchev–Trinajstić information content (AvgIpc) is 3.83. The first-order chi connectivity index (χ1) is 23.2. The molecule has 48 heavy (non-hydrogen) atoms. The van der Waals surface area contributed by atoms with Crippen LogP contribution in [0, 0.1) is 0 Å². The normalized spacial score (nSPS) is 28.7. The van der Waals surface area contributed by atoms with E-state index in [1.165, 1.54) is 34.4 Å². The highest BCUT2D eigenvalue weighted by molar-refractivity contribution is 8.39. The summed E-state index contributed by atoms with van der Waals surface area (Å²) in [4.78, 5) is 25.6. The fourth-order valence-electron chi connectivity index (χ4n) is 5.64. The third kappa shape index (κ3) is 7.19. The van der Waals surface area contributed by atoms with Gasteiger partial charge in [0.05, 0.1) is 25.9 Å². The van der Waals surface area contributed by atoms with Crippen molar-refractivity contribution >= 4 is 72.9 Å². The maximum Gasteiger partial charge on any atom is 0.243 e. The molecule has 6 rings (SSSR count). The minimum atomic E-state index is -2.79. The second-order valence-electron chi connectivity index (χ2n) is 10.7. The van der Waals surface area contributed by atoms with Crippen molar-refractivity contribution in [3.63, 3.8) is 0 Å². The number of rotatable bonds is 15. The molecule has 0 aliphatic carbocycles. The van der Waals surface area contributed by atoms with Crippen molar-refractivity contribution in [2.75, 3.05) is 36.9 Å². The van der Waals surface area contributed by atoms with Gasteiger partial charge in [0, 0.05) is 13.1 Å². The lowest BCUT2D eigenvalue weighted by Gasteiger charge is -2.16. The van der Waals surface area contributed by atoms with Crippen LogP contribution in [-0.2, 0) is 27.7 Å². The van der Waals surface area contributed by atoms with Crippen molar-refractivity contribution in [3.05, 3.63) is 25.3 Å². The van der Waals surface area contributed by atoms with Crippen LogP contribution in [0.25, 0.3) is 22.3 Å². The zero-order chi connectivity index (χ0) is 33.9. The number of halogens is 2. The summed E-state index contributed by atoms with van der Waals surface area (Å²) in [5.41, 5.74) is 1.34. The first kappa shape index (κ1) is 35.3. The van der Waals surface area contributed by atoms with Crippen LogP contribution in [-0.4, -0.2) is 112 Å². The van der Waals surface area contributed by atoms with Gasteiger partial charge in [0.15, 0.2) is 58.8 Å². The van der Waals surface area contributed by atoms with Gasteiger partial charge in [-0.05, 0) is 12.8 Å². The molecule has 0 amide bonds. The molecular weight excluding hydrogens is 720 g/mol. The SMILES string of the molecule is O=[PH](S)OC1C(CO)O[C@@H](n2cnc3c(NCCCCNc4ncnc5c4ncn5[C@@H]4O[C@H](CO)[C@@H](O[PH](=O)S)[C@H]4F)ncnc32)[C@@H]1F. The maximum absolute atomic E-state index is 15.2. The molecule has 4 aromatic heterocycles. The fourth-order valence-corrected chi connectivity index (χ4v) is 7.40. The van der Waals surface area contributed by atoms with Crippen molar-refractivity contribution in [1.82, 2.24) is 39.0 Å². The van der Waals surface area contributed by atoms with Crippen LogP contribution in [0.3, 0.4) is 0 Å². The molecule has 0 saturated carbocycles. The van der Waals surface area contributed by atoms with Crippen molar-refractivity contribution < 1.29 is 46.6 Å². The Morgan fingerprint density at radius 1 is 0.750 bits per heavy atom. The standard InChI is InChI=1S/C24H32F2N10O8P2S2/c25-13-17(43-45(39)47)11(5-37)41-23(13)35-9-33-15-19(29-7-31-21(15)35)27-3-1-2-4-28-20-16-22(32-8-30-20)36(10-34-16)24-14(26)18(44-46(40)48)12(6-38)42-24/h7-14,17-18,23-24,37-38,45-46H,1-6H2,(H,39,47)(H,40,48)(H,27,29,31)(H,28,30,32)/t11-,12?,13-,14-,17-,18?,23-,24-/m1/s1. The first-order valence-electron chi connectivity index (χ1n) is 14.6. The Hall–Kier alpha value is -2.52. The summed E-state index contributed by atoms with van der Waals surface area (Å²) in [5, 5.41) is 25.6. The Morgan fingerprint density at radius 3 is 1.54 bits per heavy atom. The zero-order valence-corrected chi connectivity index (χ0v) is 28.5. The Morgan fingerprint density at radius 2 is 1.17 bits per heavy atom. The minimum Gasteiger partial charge on any atom is -0.394 e.